The fourth-order valence-electron chi connectivity index (χ4n) is 2.92. The van der Waals surface area contributed by atoms with Crippen LogP contribution in [0.4, 0.5) is 5.13 Å². The predicted octanol–water partition coefficient (Wildman–Crippen LogP) is 3.11. The number of rotatable bonds is 8. The van der Waals surface area contributed by atoms with Gasteiger partial charge in [0, 0.05) is 49.8 Å². The van der Waals surface area contributed by atoms with Gasteiger partial charge in [-0.1, -0.05) is 24.3 Å². The molecular formula is C20H30N4OS. The van der Waals surface area contributed by atoms with E-state index in [1.54, 1.807) is 11.3 Å². The van der Waals surface area contributed by atoms with Gasteiger partial charge in [0.25, 0.3) is 0 Å². The second kappa shape index (κ2) is 9.46. The molecule has 0 bridgehead atoms. The summed E-state index contributed by atoms with van der Waals surface area (Å²) in [5, 5.41) is 4.67. The largest absolute Gasteiger partial charge is 0.378 e. The summed E-state index contributed by atoms with van der Waals surface area (Å²) in [4.78, 5) is 10.5. The Morgan fingerprint density at radius 3 is 2.77 bits per heavy atom. The van der Waals surface area contributed by atoms with Gasteiger partial charge in [-0.3, -0.25) is 4.90 Å². The molecule has 1 aromatic heterocycles. The maximum atomic E-state index is 5.41. The number of morpholine rings is 1. The van der Waals surface area contributed by atoms with Gasteiger partial charge in [-0.2, -0.15) is 0 Å². The van der Waals surface area contributed by atoms with Crippen LogP contribution in [0.25, 0.3) is 0 Å². The summed E-state index contributed by atoms with van der Waals surface area (Å²) >= 11 is 1.78. The molecule has 0 aliphatic carbocycles. The van der Waals surface area contributed by atoms with Crippen LogP contribution in [-0.4, -0.2) is 49.3 Å². The van der Waals surface area contributed by atoms with Gasteiger partial charge >= 0.3 is 0 Å². The van der Waals surface area contributed by atoms with E-state index in [-0.39, 0.29) is 0 Å². The van der Waals surface area contributed by atoms with E-state index in [4.69, 9.17) is 4.74 Å². The summed E-state index contributed by atoms with van der Waals surface area (Å²) in [5.74, 6) is 0. The third kappa shape index (κ3) is 5.51. The van der Waals surface area contributed by atoms with E-state index >= 15 is 0 Å². The monoisotopic (exact) mass is 374 g/mol. The molecular weight excluding hydrogens is 344 g/mol. The third-order valence-electron chi connectivity index (χ3n) is 4.76. The zero-order chi connectivity index (χ0) is 18.4. The quantitative estimate of drug-likeness (QED) is 0.769. The summed E-state index contributed by atoms with van der Waals surface area (Å²) in [6, 6.07) is 9.42. The van der Waals surface area contributed by atoms with Gasteiger partial charge < -0.3 is 15.0 Å². The van der Waals surface area contributed by atoms with Crippen LogP contribution < -0.4 is 10.2 Å². The molecule has 26 heavy (non-hydrogen) atoms. The van der Waals surface area contributed by atoms with E-state index in [1.807, 2.05) is 6.20 Å². The maximum Gasteiger partial charge on any atom is 0.185 e. The van der Waals surface area contributed by atoms with E-state index in [1.165, 1.54) is 16.0 Å². The molecule has 0 radical (unpaired) electrons. The molecule has 1 aromatic carbocycles. The van der Waals surface area contributed by atoms with Crippen LogP contribution in [-0.2, 0) is 24.4 Å². The van der Waals surface area contributed by atoms with E-state index in [2.05, 4.69) is 65.3 Å². The van der Waals surface area contributed by atoms with Gasteiger partial charge in [0.15, 0.2) is 5.13 Å². The topological polar surface area (TPSA) is 40.6 Å². The summed E-state index contributed by atoms with van der Waals surface area (Å²) in [5.41, 5.74) is 2.70. The molecule has 6 heteroatoms. The number of nitrogens with zero attached hydrogens (tertiary/aromatic N) is 3. The van der Waals surface area contributed by atoms with Crippen LogP contribution in [0.15, 0.2) is 30.5 Å². The molecule has 0 spiro atoms. The Kier molecular flexibility index (Phi) is 7.02. The minimum absolute atomic E-state index is 0.559. The number of anilines is 1. The van der Waals surface area contributed by atoms with Crippen molar-refractivity contribution in [3.05, 3.63) is 46.5 Å². The molecule has 2 aromatic rings. The first-order valence-corrected chi connectivity index (χ1v) is 10.2. The van der Waals surface area contributed by atoms with E-state index in [0.29, 0.717) is 6.04 Å². The molecule has 0 saturated carbocycles. The highest BCUT2D eigenvalue weighted by molar-refractivity contribution is 7.15. The average molecular weight is 375 g/mol. The second-order valence-corrected chi connectivity index (χ2v) is 8.23. The zero-order valence-corrected chi connectivity index (χ0v) is 16.9. The van der Waals surface area contributed by atoms with Crippen LogP contribution in [0.1, 0.15) is 29.9 Å². The highest BCUT2D eigenvalue weighted by atomic mass is 32.1. The molecule has 0 atom stereocenters. The Balaban J connectivity index is 1.48. The van der Waals surface area contributed by atoms with Gasteiger partial charge in [0.05, 0.1) is 13.2 Å². The first kappa shape index (κ1) is 19.3. The predicted molar refractivity (Wildman–Crippen MR) is 109 cm³/mol. The lowest BCUT2D eigenvalue weighted by Gasteiger charge is -2.25. The number of aromatic nitrogens is 1. The summed E-state index contributed by atoms with van der Waals surface area (Å²) in [6.07, 6.45) is 2.00. The lowest BCUT2D eigenvalue weighted by molar-refractivity contribution is 0.122. The SMILES string of the molecule is CC(C)N(C)Cc1cccc(CNCc2cnc(N3CCOCC3)s2)c1. The number of thiazole rings is 1. The summed E-state index contributed by atoms with van der Waals surface area (Å²) < 4.78 is 5.41. The first-order chi connectivity index (χ1) is 12.6. The maximum absolute atomic E-state index is 5.41. The Hall–Kier alpha value is -1.47. The molecule has 3 rings (SSSR count). The first-order valence-electron chi connectivity index (χ1n) is 9.38. The number of nitrogens with one attached hydrogen (secondary N) is 1. The average Bonchev–Trinajstić information content (AvgIpc) is 3.12. The lowest BCUT2D eigenvalue weighted by atomic mass is 10.1. The number of hydrogen-bond acceptors (Lipinski definition) is 6. The molecule has 0 amide bonds. The van der Waals surface area contributed by atoms with E-state index in [0.717, 1.165) is 51.1 Å². The standard InChI is InChI=1S/C20H30N4OS/c1-16(2)23(3)15-18-6-4-5-17(11-18)12-21-13-19-14-22-20(26-19)24-7-9-25-10-8-24/h4-6,11,14,16,21H,7-10,12-13,15H2,1-3H3. The van der Waals surface area contributed by atoms with Crippen molar-refractivity contribution in [2.45, 2.75) is 39.5 Å². The van der Waals surface area contributed by atoms with Crippen LogP contribution in [0.5, 0.6) is 0 Å². The summed E-state index contributed by atoms with van der Waals surface area (Å²) in [6.45, 7) is 10.7. The van der Waals surface area contributed by atoms with Gasteiger partial charge in [0.1, 0.15) is 0 Å². The number of ether oxygens (including phenoxy) is 1. The van der Waals surface area contributed by atoms with Crippen LogP contribution in [0.2, 0.25) is 0 Å². The van der Waals surface area contributed by atoms with Crippen molar-refractivity contribution in [3.8, 4) is 0 Å². The lowest BCUT2D eigenvalue weighted by Crippen LogP contribution is -2.36. The molecule has 1 aliphatic heterocycles. The van der Waals surface area contributed by atoms with Crippen molar-refractivity contribution in [1.29, 1.82) is 0 Å². The number of benzene rings is 1. The normalized spacial score (nSPS) is 15.2. The fraction of sp³-hybridized carbons (Fsp3) is 0.550. The molecule has 1 saturated heterocycles. The van der Waals surface area contributed by atoms with Crippen molar-refractivity contribution in [2.75, 3.05) is 38.3 Å². The second-order valence-electron chi connectivity index (χ2n) is 7.14. The van der Waals surface area contributed by atoms with Crippen molar-refractivity contribution in [1.82, 2.24) is 15.2 Å². The summed E-state index contributed by atoms with van der Waals surface area (Å²) in [7, 11) is 2.17. The van der Waals surface area contributed by atoms with Gasteiger partial charge in [0.2, 0.25) is 0 Å². The van der Waals surface area contributed by atoms with Crippen molar-refractivity contribution >= 4 is 16.5 Å². The van der Waals surface area contributed by atoms with Gasteiger partial charge in [-0.05, 0) is 32.0 Å². The smallest absolute Gasteiger partial charge is 0.185 e. The zero-order valence-electron chi connectivity index (χ0n) is 16.1. The van der Waals surface area contributed by atoms with E-state index in [9.17, 15) is 0 Å². The molecule has 5 nitrogen and oxygen atoms in total. The fourth-order valence-corrected chi connectivity index (χ4v) is 3.85. The molecule has 2 heterocycles. The van der Waals surface area contributed by atoms with Gasteiger partial charge in [-0.15, -0.1) is 11.3 Å². The number of hydrogen-bond donors (Lipinski definition) is 1. The highest BCUT2D eigenvalue weighted by Gasteiger charge is 2.14. The van der Waals surface area contributed by atoms with Crippen LogP contribution in [0.3, 0.4) is 0 Å². The van der Waals surface area contributed by atoms with Crippen LogP contribution >= 0.6 is 11.3 Å². The Morgan fingerprint density at radius 1 is 1.23 bits per heavy atom. The van der Waals surface area contributed by atoms with Crippen molar-refractivity contribution in [2.24, 2.45) is 0 Å². The van der Waals surface area contributed by atoms with Crippen molar-refractivity contribution < 1.29 is 4.74 Å². The minimum atomic E-state index is 0.559. The molecule has 0 unspecified atom stereocenters. The van der Waals surface area contributed by atoms with Crippen molar-refractivity contribution in [3.63, 3.8) is 0 Å². The third-order valence-corrected chi connectivity index (χ3v) is 5.81. The van der Waals surface area contributed by atoms with E-state index < -0.39 is 0 Å². The Morgan fingerprint density at radius 2 is 2.00 bits per heavy atom. The minimum Gasteiger partial charge on any atom is -0.378 e. The van der Waals surface area contributed by atoms with Crippen LogP contribution in [0, 0.1) is 0 Å². The highest BCUT2D eigenvalue weighted by Crippen LogP contribution is 2.23. The molecule has 142 valence electrons. The Labute approximate surface area is 161 Å². The van der Waals surface area contributed by atoms with Gasteiger partial charge in [-0.25, -0.2) is 4.98 Å². The molecule has 1 fully saturated rings. The Bertz CT molecular complexity index is 682. The molecule has 1 N–H and O–H groups in total. The molecule has 1 aliphatic rings.